The van der Waals surface area contributed by atoms with Crippen LogP contribution in [0.1, 0.15) is 43.3 Å². The van der Waals surface area contributed by atoms with Crippen LogP contribution in [0, 0.1) is 11.7 Å². The second-order valence-electron chi connectivity index (χ2n) is 7.11. The second-order valence-corrected chi connectivity index (χ2v) is 7.55. The monoisotopic (exact) mass is 422 g/mol. The molecule has 0 saturated carbocycles. The zero-order chi connectivity index (χ0) is 21.1. The highest BCUT2D eigenvalue weighted by molar-refractivity contribution is 6.30. The van der Waals surface area contributed by atoms with Crippen molar-refractivity contribution < 1.29 is 18.7 Å². The number of hydrogen-bond acceptors (Lipinski definition) is 4. The van der Waals surface area contributed by atoms with Gasteiger partial charge in [0.1, 0.15) is 17.9 Å². The molecule has 0 spiro atoms. The number of urea groups is 1. The van der Waals surface area contributed by atoms with Crippen LogP contribution in [0.2, 0.25) is 5.02 Å². The summed E-state index contributed by atoms with van der Waals surface area (Å²) in [6.45, 7) is 4.11. The molecule has 7 nitrogen and oxygen atoms in total. The van der Waals surface area contributed by atoms with E-state index in [0.717, 1.165) is 5.69 Å². The van der Waals surface area contributed by atoms with Crippen molar-refractivity contribution in [2.24, 2.45) is 5.92 Å². The molecule has 0 bridgehead atoms. The standard InChI is InChI=1S/C20H24ClFN4O3/c1-4-11(2)16(19(27)29-3)25-20(28)26-8-7-15-17(24-10-23-15)18(26)13-9-12(21)5-6-14(13)22/h5-6,9-11,16,18H,4,7-8H2,1-3H3,(H,23,24)(H,25,28)/t11-,16+,18-/m0/s1. The molecule has 2 amide bonds. The van der Waals surface area contributed by atoms with E-state index in [0.29, 0.717) is 30.1 Å². The van der Waals surface area contributed by atoms with Gasteiger partial charge in [-0.25, -0.2) is 19.0 Å². The predicted octanol–water partition coefficient (Wildman–Crippen LogP) is 3.45. The summed E-state index contributed by atoms with van der Waals surface area (Å²) in [6, 6.07) is 2.17. The molecule has 2 N–H and O–H groups in total. The number of carbonyl (C=O) groups is 2. The van der Waals surface area contributed by atoms with Crippen molar-refractivity contribution >= 4 is 23.6 Å². The Labute approximate surface area is 173 Å². The number of H-pyrrole nitrogens is 1. The number of aromatic amines is 1. The number of fused-ring (bicyclic) bond motifs is 1. The minimum Gasteiger partial charge on any atom is -0.467 e. The first-order valence-corrected chi connectivity index (χ1v) is 9.87. The van der Waals surface area contributed by atoms with Gasteiger partial charge in [0.2, 0.25) is 0 Å². The number of esters is 1. The quantitative estimate of drug-likeness (QED) is 0.722. The maximum absolute atomic E-state index is 14.7. The van der Waals surface area contributed by atoms with E-state index in [1.54, 1.807) is 0 Å². The zero-order valence-electron chi connectivity index (χ0n) is 16.5. The number of imidazole rings is 1. The molecule has 0 radical (unpaired) electrons. The van der Waals surface area contributed by atoms with Gasteiger partial charge in [-0.05, 0) is 24.1 Å². The van der Waals surface area contributed by atoms with Gasteiger partial charge in [0, 0.05) is 29.2 Å². The SMILES string of the molecule is CC[C@H](C)[C@@H](NC(=O)N1CCc2[nH]cnc2[C@@H]1c1cc(Cl)ccc1F)C(=O)OC. The largest absolute Gasteiger partial charge is 0.467 e. The van der Waals surface area contributed by atoms with Crippen LogP contribution in [0.5, 0.6) is 0 Å². The number of methoxy groups -OCH3 is 1. The highest BCUT2D eigenvalue weighted by Gasteiger charge is 2.38. The lowest BCUT2D eigenvalue weighted by Gasteiger charge is -2.36. The lowest BCUT2D eigenvalue weighted by atomic mass is 9.95. The third-order valence-corrected chi connectivity index (χ3v) is 5.62. The zero-order valence-corrected chi connectivity index (χ0v) is 17.3. The molecule has 1 aromatic heterocycles. The molecule has 156 valence electrons. The summed E-state index contributed by atoms with van der Waals surface area (Å²) in [5.74, 6) is -1.13. The van der Waals surface area contributed by atoms with Crippen LogP contribution < -0.4 is 5.32 Å². The van der Waals surface area contributed by atoms with Crippen molar-refractivity contribution in [3.63, 3.8) is 0 Å². The number of nitrogens with zero attached hydrogens (tertiary/aromatic N) is 2. The molecule has 29 heavy (non-hydrogen) atoms. The summed E-state index contributed by atoms with van der Waals surface area (Å²) >= 11 is 6.09. The molecule has 3 atom stereocenters. The molecule has 1 aliphatic heterocycles. The Morgan fingerprint density at radius 3 is 2.93 bits per heavy atom. The normalized spacial score (nSPS) is 18.0. The number of hydrogen-bond donors (Lipinski definition) is 2. The number of carbonyl (C=O) groups excluding carboxylic acids is 2. The van der Waals surface area contributed by atoms with Crippen LogP contribution >= 0.6 is 11.6 Å². The first kappa shape index (κ1) is 21.1. The van der Waals surface area contributed by atoms with Crippen molar-refractivity contribution in [3.8, 4) is 0 Å². The van der Waals surface area contributed by atoms with Crippen molar-refractivity contribution in [2.75, 3.05) is 13.7 Å². The molecule has 1 aromatic carbocycles. The van der Waals surface area contributed by atoms with E-state index >= 15 is 0 Å². The second kappa shape index (κ2) is 8.82. The fourth-order valence-corrected chi connectivity index (χ4v) is 3.73. The number of nitrogens with one attached hydrogen (secondary N) is 2. The van der Waals surface area contributed by atoms with Gasteiger partial charge in [-0.1, -0.05) is 31.9 Å². The lowest BCUT2D eigenvalue weighted by molar-refractivity contribution is -0.144. The predicted molar refractivity (Wildman–Crippen MR) is 106 cm³/mol. The molecule has 0 fully saturated rings. The van der Waals surface area contributed by atoms with Gasteiger partial charge < -0.3 is 19.9 Å². The van der Waals surface area contributed by atoms with Crippen LogP contribution in [0.25, 0.3) is 0 Å². The average Bonchev–Trinajstić information content (AvgIpc) is 3.20. The van der Waals surface area contributed by atoms with E-state index in [4.69, 9.17) is 16.3 Å². The number of ether oxygens (including phenoxy) is 1. The van der Waals surface area contributed by atoms with Crippen molar-refractivity contribution in [3.05, 3.63) is 52.3 Å². The molecule has 9 heteroatoms. The molecule has 2 heterocycles. The molecular formula is C20H24ClFN4O3. The maximum atomic E-state index is 14.7. The van der Waals surface area contributed by atoms with Crippen LogP contribution in [-0.4, -0.2) is 46.6 Å². The summed E-state index contributed by atoms with van der Waals surface area (Å²) in [4.78, 5) is 34.2. The van der Waals surface area contributed by atoms with E-state index in [1.165, 1.54) is 36.5 Å². The molecule has 1 aliphatic rings. The van der Waals surface area contributed by atoms with Gasteiger partial charge in [0.15, 0.2) is 0 Å². The van der Waals surface area contributed by atoms with Gasteiger partial charge in [0.25, 0.3) is 0 Å². The van der Waals surface area contributed by atoms with Crippen molar-refractivity contribution in [1.29, 1.82) is 0 Å². The smallest absolute Gasteiger partial charge is 0.328 e. The fourth-order valence-electron chi connectivity index (χ4n) is 3.55. The van der Waals surface area contributed by atoms with E-state index in [2.05, 4.69) is 15.3 Å². The van der Waals surface area contributed by atoms with Gasteiger partial charge in [-0.15, -0.1) is 0 Å². The van der Waals surface area contributed by atoms with Crippen LogP contribution in [0.15, 0.2) is 24.5 Å². The molecule has 0 aliphatic carbocycles. The Kier molecular flexibility index (Phi) is 6.42. The fraction of sp³-hybridized carbons (Fsp3) is 0.450. The Hall–Kier alpha value is -2.61. The summed E-state index contributed by atoms with van der Waals surface area (Å²) in [5.41, 5.74) is 1.65. The molecule has 3 rings (SSSR count). The molecule has 2 aromatic rings. The Bertz CT molecular complexity index is 904. The summed E-state index contributed by atoms with van der Waals surface area (Å²) in [6.07, 6.45) is 2.74. The third-order valence-electron chi connectivity index (χ3n) is 5.39. The average molecular weight is 423 g/mol. The minimum atomic E-state index is -0.803. The van der Waals surface area contributed by atoms with Gasteiger partial charge >= 0.3 is 12.0 Å². The molecular weight excluding hydrogens is 399 g/mol. The van der Waals surface area contributed by atoms with Crippen LogP contribution in [0.4, 0.5) is 9.18 Å². The third kappa shape index (κ3) is 4.22. The first-order valence-electron chi connectivity index (χ1n) is 9.49. The highest BCUT2D eigenvalue weighted by atomic mass is 35.5. The van der Waals surface area contributed by atoms with E-state index < -0.39 is 29.9 Å². The Morgan fingerprint density at radius 2 is 2.24 bits per heavy atom. The van der Waals surface area contributed by atoms with Gasteiger partial charge in [0.05, 0.1) is 19.1 Å². The van der Waals surface area contributed by atoms with E-state index in [9.17, 15) is 14.0 Å². The first-order chi connectivity index (χ1) is 13.9. The van der Waals surface area contributed by atoms with E-state index in [-0.39, 0.29) is 11.5 Å². The summed E-state index contributed by atoms with van der Waals surface area (Å²) in [5, 5.41) is 3.12. The van der Waals surface area contributed by atoms with Gasteiger partial charge in [-0.2, -0.15) is 0 Å². The molecule has 0 unspecified atom stereocenters. The molecule has 0 saturated heterocycles. The summed E-state index contributed by atoms with van der Waals surface area (Å²) < 4.78 is 19.5. The van der Waals surface area contributed by atoms with Crippen LogP contribution in [0.3, 0.4) is 0 Å². The van der Waals surface area contributed by atoms with Gasteiger partial charge in [-0.3, -0.25) is 0 Å². The van der Waals surface area contributed by atoms with Crippen molar-refractivity contribution in [1.82, 2.24) is 20.2 Å². The number of aromatic nitrogens is 2. The minimum absolute atomic E-state index is 0.126. The number of benzene rings is 1. The van der Waals surface area contributed by atoms with Crippen LogP contribution in [-0.2, 0) is 16.0 Å². The number of halogens is 2. The highest BCUT2D eigenvalue weighted by Crippen LogP contribution is 2.36. The number of rotatable bonds is 5. The van der Waals surface area contributed by atoms with E-state index in [1.807, 2.05) is 13.8 Å². The summed E-state index contributed by atoms with van der Waals surface area (Å²) in [7, 11) is 1.28. The lowest BCUT2D eigenvalue weighted by Crippen LogP contribution is -2.53. The van der Waals surface area contributed by atoms with Crippen molar-refractivity contribution in [2.45, 2.75) is 38.8 Å². The topological polar surface area (TPSA) is 87.3 Å². The Balaban J connectivity index is 1.97. The maximum Gasteiger partial charge on any atom is 0.328 e. The Morgan fingerprint density at radius 1 is 1.48 bits per heavy atom. The number of amides is 2.